The summed E-state index contributed by atoms with van der Waals surface area (Å²) in [6, 6.07) is 0.157. The van der Waals surface area contributed by atoms with E-state index >= 15 is 0 Å². The van der Waals surface area contributed by atoms with E-state index < -0.39 is 0 Å². The molecule has 0 aromatic carbocycles. The van der Waals surface area contributed by atoms with Gasteiger partial charge in [-0.1, -0.05) is 110 Å². The fraction of sp³-hybridized carbons (Fsp3) is 0.913. The summed E-state index contributed by atoms with van der Waals surface area (Å²) < 4.78 is 0. The molecule has 1 unspecified atom stereocenters. The molecule has 1 atom stereocenters. The van der Waals surface area contributed by atoms with E-state index in [4.69, 9.17) is 5.73 Å². The third kappa shape index (κ3) is 13.1. The molecule has 0 aromatic heterocycles. The summed E-state index contributed by atoms with van der Waals surface area (Å²) in [7, 11) is 0. The van der Waals surface area contributed by atoms with Crippen LogP contribution in [0.2, 0.25) is 0 Å². The van der Waals surface area contributed by atoms with Crippen LogP contribution in [0.5, 0.6) is 0 Å². The van der Waals surface area contributed by atoms with Gasteiger partial charge in [-0.2, -0.15) is 0 Å². The molecule has 0 bridgehead atoms. The molecule has 0 saturated heterocycles. The van der Waals surface area contributed by atoms with Gasteiger partial charge < -0.3 is 5.73 Å². The molecule has 0 aliphatic carbocycles. The second-order valence-electron chi connectivity index (χ2n) is 7.82. The average Bonchev–Trinajstić information content (AvgIpc) is 2.62. The highest BCUT2D eigenvalue weighted by atomic mass is 79.9. The molecule has 0 radical (unpaired) electrons. The van der Waals surface area contributed by atoms with Crippen molar-refractivity contribution in [2.45, 2.75) is 130 Å². The zero-order chi connectivity index (χ0) is 18.1. The zero-order valence-corrected chi connectivity index (χ0v) is 19.4. The van der Waals surface area contributed by atoms with Gasteiger partial charge in [-0.3, -0.25) is 0 Å². The largest absolute Gasteiger partial charge is 0.324 e. The lowest BCUT2D eigenvalue weighted by Crippen LogP contribution is -2.39. The number of hydrogen-bond donors (Lipinski definition) is 1. The normalized spacial score (nSPS) is 12.6. The van der Waals surface area contributed by atoms with Gasteiger partial charge in [-0.15, -0.1) is 23.6 Å². The second kappa shape index (κ2) is 19.0. The van der Waals surface area contributed by atoms with Gasteiger partial charge >= 0.3 is 0 Å². The molecule has 0 fully saturated rings. The number of nitrogens with two attached hydrogens (primary N) is 1. The van der Waals surface area contributed by atoms with Crippen molar-refractivity contribution in [1.82, 2.24) is 0 Å². The molecule has 0 heterocycles. The first-order chi connectivity index (χ1) is 11.7. The van der Waals surface area contributed by atoms with E-state index in [1.165, 1.54) is 103 Å². The van der Waals surface area contributed by atoms with Crippen LogP contribution in [-0.4, -0.2) is 6.04 Å². The monoisotopic (exact) mass is 417 g/mol. The second-order valence-corrected chi connectivity index (χ2v) is 7.82. The van der Waals surface area contributed by atoms with Crippen LogP contribution in [0.4, 0.5) is 0 Å². The van der Waals surface area contributed by atoms with Gasteiger partial charge in [-0.05, 0) is 24.7 Å². The Kier molecular flexibility index (Phi) is 20.8. The highest BCUT2D eigenvalue weighted by Gasteiger charge is 2.30. The SMILES string of the molecule is Br.C=CC(N)C(CC)(CC)CCCCCCCCCCCCCCC. The van der Waals surface area contributed by atoms with Crippen LogP contribution < -0.4 is 5.73 Å². The highest BCUT2D eigenvalue weighted by molar-refractivity contribution is 8.93. The lowest BCUT2D eigenvalue weighted by molar-refractivity contribution is 0.203. The molecule has 0 rings (SSSR count). The summed E-state index contributed by atoms with van der Waals surface area (Å²) >= 11 is 0. The lowest BCUT2D eigenvalue weighted by atomic mass is 9.72. The van der Waals surface area contributed by atoms with E-state index in [1.54, 1.807) is 0 Å². The predicted octanol–water partition coefficient (Wildman–Crippen LogP) is 8.37. The first kappa shape index (κ1) is 27.4. The predicted molar refractivity (Wildman–Crippen MR) is 122 cm³/mol. The minimum absolute atomic E-state index is 0. The minimum Gasteiger partial charge on any atom is -0.324 e. The number of halogens is 1. The molecular weight excluding hydrogens is 370 g/mol. The Morgan fingerprint density at radius 3 is 1.40 bits per heavy atom. The van der Waals surface area contributed by atoms with Gasteiger partial charge in [0, 0.05) is 6.04 Å². The van der Waals surface area contributed by atoms with Crippen LogP contribution in [0.3, 0.4) is 0 Å². The van der Waals surface area contributed by atoms with E-state index in [0.717, 1.165) is 0 Å². The molecule has 25 heavy (non-hydrogen) atoms. The maximum absolute atomic E-state index is 6.30. The first-order valence-corrected chi connectivity index (χ1v) is 11.0. The zero-order valence-electron chi connectivity index (χ0n) is 17.7. The summed E-state index contributed by atoms with van der Waals surface area (Å²) in [6.07, 6.45) is 24.1. The Hall–Kier alpha value is 0.180. The molecule has 0 spiro atoms. The van der Waals surface area contributed by atoms with Gasteiger partial charge in [0.2, 0.25) is 0 Å². The van der Waals surface area contributed by atoms with Gasteiger partial charge in [-0.25, -0.2) is 0 Å². The van der Waals surface area contributed by atoms with Crippen molar-refractivity contribution in [3.63, 3.8) is 0 Å². The van der Waals surface area contributed by atoms with Gasteiger partial charge in [0.25, 0.3) is 0 Å². The first-order valence-electron chi connectivity index (χ1n) is 11.0. The fourth-order valence-electron chi connectivity index (χ4n) is 3.99. The van der Waals surface area contributed by atoms with E-state index in [1.807, 2.05) is 6.08 Å². The van der Waals surface area contributed by atoms with Gasteiger partial charge in [0.05, 0.1) is 0 Å². The molecule has 0 aromatic rings. The van der Waals surface area contributed by atoms with Crippen molar-refractivity contribution >= 4 is 17.0 Å². The Balaban J connectivity index is 0. The molecular formula is C23H48BrN. The Labute approximate surface area is 170 Å². The van der Waals surface area contributed by atoms with Crippen molar-refractivity contribution < 1.29 is 0 Å². The van der Waals surface area contributed by atoms with E-state index in [2.05, 4.69) is 27.4 Å². The summed E-state index contributed by atoms with van der Waals surface area (Å²) in [4.78, 5) is 0. The number of rotatable bonds is 18. The summed E-state index contributed by atoms with van der Waals surface area (Å²) in [5.74, 6) is 0. The summed E-state index contributed by atoms with van der Waals surface area (Å²) in [5.41, 5.74) is 6.59. The number of hydrogen-bond acceptors (Lipinski definition) is 1. The van der Waals surface area contributed by atoms with Crippen molar-refractivity contribution in [2.75, 3.05) is 0 Å². The van der Waals surface area contributed by atoms with Gasteiger partial charge in [0.15, 0.2) is 0 Å². The Morgan fingerprint density at radius 1 is 0.720 bits per heavy atom. The van der Waals surface area contributed by atoms with Crippen LogP contribution in [0.1, 0.15) is 124 Å². The number of unbranched alkanes of at least 4 members (excludes halogenated alkanes) is 12. The molecule has 0 aliphatic rings. The van der Waals surface area contributed by atoms with Crippen LogP contribution in [0.25, 0.3) is 0 Å². The van der Waals surface area contributed by atoms with Crippen molar-refractivity contribution in [3.8, 4) is 0 Å². The molecule has 2 N–H and O–H groups in total. The van der Waals surface area contributed by atoms with E-state index in [9.17, 15) is 0 Å². The average molecular weight is 419 g/mol. The smallest absolute Gasteiger partial charge is 0.0278 e. The maximum atomic E-state index is 6.30. The van der Waals surface area contributed by atoms with Crippen molar-refractivity contribution in [3.05, 3.63) is 12.7 Å². The van der Waals surface area contributed by atoms with E-state index in [-0.39, 0.29) is 23.0 Å². The topological polar surface area (TPSA) is 26.0 Å². The van der Waals surface area contributed by atoms with Crippen LogP contribution in [0.15, 0.2) is 12.7 Å². The van der Waals surface area contributed by atoms with E-state index in [0.29, 0.717) is 5.41 Å². The molecule has 0 aliphatic heterocycles. The lowest BCUT2D eigenvalue weighted by Gasteiger charge is -2.36. The Morgan fingerprint density at radius 2 is 1.08 bits per heavy atom. The van der Waals surface area contributed by atoms with Crippen molar-refractivity contribution in [1.29, 1.82) is 0 Å². The molecule has 1 nitrogen and oxygen atoms in total. The van der Waals surface area contributed by atoms with Crippen LogP contribution in [-0.2, 0) is 0 Å². The molecule has 152 valence electrons. The van der Waals surface area contributed by atoms with Crippen LogP contribution in [0, 0.1) is 5.41 Å². The molecule has 2 heteroatoms. The van der Waals surface area contributed by atoms with Crippen LogP contribution >= 0.6 is 17.0 Å². The standard InChI is InChI=1S/C23H47N.BrH/c1-5-9-10-11-12-13-14-15-16-17-18-19-20-21-23(7-3,8-4)22(24)6-2;/h6,22H,2,5,7-21,24H2,1,3-4H3;1H. The third-order valence-corrected chi connectivity index (χ3v) is 6.15. The highest BCUT2D eigenvalue weighted by Crippen LogP contribution is 2.36. The quantitative estimate of drug-likeness (QED) is 0.176. The molecule has 0 amide bonds. The van der Waals surface area contributed by atoms with Gasteiger partial charge in [0.1, 0.15) is 0 Å². The third-order valence-electron chi connectivity index (χ3n) is 6.15. The van der Waals surface area contributed by atoms with Crippen molar-refractivity contribution in [2.24, 2.45) is 11.1 Å². The summed E-state index contributed by atoms with van der Waals surface area (Å²) in [5, 5.41) is 0. The minimum atomic E-state index is 0. The Bertz CT molecular complexity index is 273. The maximum Gasteiger partial charge on any atom is 0.0278 e. The summed E-state index contributed by atoms with van der Waals surface area (Å²) in [6.45, 7) is 10.8. The molecule has 0 saturated carbocycles. The fourth-order valence-corrected chi connectivity index (χ4v) is 3.99.